The fraction of sp³-hybridized carbons (Fsp3) is 0.286. The first kappa shape index (κ1) is 11.9. The molecule has 2 aromatic rings. The van der Waals surface area contributed by atoms with Crippen molar-refractivity contribution < 1.29 is 9.90 Å². The largest absolute Gasteiger partial charge is 0.375 e. The van der Waals surface area contributed by atoms with Gasteiger partial charge in [-0.05, 0) is 23.3 Å². The molecule has 2 N–H and O–H groups in total. The van der Waals surface area contributed by atoms with Crippen LogP contribution in [0.15, 0.2) is 36.5 Å². The number of carbonyl (C=O) groups excluding carboxylic acids is 1. The van der Waals surface area contributed by atoms with Gasteiger partial charge in [0.25, 0.3) is 5.91 Å². The van der Waals surface area contributed by atoms with E-state index in [1.165, 1.54) is 0 Å². The topological polar surface area (TPSA) is 69.2 Å². The number of hydrogen-bond acceptors (Lipinski definition) is 3. The van der Waals surface area contributed by atoms with Crippen LogP contribution in [0.25, 0.3) is 11.3 Å². The number of carbonyl (C=O) groups is 1. The van der Waals surface area contributed by atoms with Crippen LogP contribution < -0.4 is 0 Å². The Hall–Kier alpha value is -2.14. The van der Waals surface area contributed by atoms with Crippen LogP contribution >= 0.6 is 0 Å². The predicted molar refractivity (Wildman–Crippen MR) is 70.2 cm³/mol. The Balaban J connectivity index is 2.03. The quantitative estimate of drug-likeness (QED) is 0.847. The SMILES string of the molecule is CN1CC[C@@](O)(c2cccc(-c3ccn[nH]3)c2)C1=O. The van der Waals surface area contributed by atoms with Crippen molar-refractivity contribution in [1.29, 1.82) is 0 Å². The zero-order chi connectivity index (χ0) is 13.5. The zero-order valence-electron chi connectivity index (χ0n) is 10.6. The van der Waals surface area contributed by atoms with Gasteiger partial charge in [-0.1, -0.05) is 18.2 Å². The van der Waals surface area contributed by atoms with Crippen LogP contribution in [0.5, 0.6) is 0 Å². The van der Waals surface area contributed by atoms with E-state index in [9.17, 15) is 9.90 Å². The summed E-state index contributed by atoms with van der Waals surface area (Å²) in [4.78, 5) is 13.6. The average Bonchev–Trinajstić information content (AvgIpc) is 3.05. The monoisotopic (exact) mass is 257 g/mol. The summed E-state index contributed by atoms with van der Waals surface area (Å²) in [5.41, 5.74) is 1.01. The molecule has 0 unspecified atom stereocenters. The Morgan fingerprint density at radius 3 is 2.89 bits per heavy atom. The standard InChI is InChI=1S/C14H15N3O2/c1-17-8-6-14(19,13(17)18)11-4-2-3-10(9-11)12-5-7-15-16-12/h2-5,7,9,19H,6,8H2,1H3,(H,15,16)/t14-/m1/s1. The molecule has 1 aromatic carbocycles. The first-order valence-electron chi connectivity index (χ1n) is 6.19. The molecule has 2 heterocycles. The number of nitrogens with zero attached hydrogens (tertiary/aromatic N) is 2. The molecule has 0 saturated carbocycles. The van der Waals surface area contributed by atoms with E-state index < -0.39 is 5.60 Å². The van der Waals surface area contributed by atoms with Gasteiger partial charge in [0.15, 0.2) is 5.60 Å². The number of likely N-dealkylation sites (N-methyl/N-ethyl adjacent to an activating group) is 1. The third-order valence-corrected chi connectivity index (χ3v) is 3.66. The maximum Gasteiger partial charge on any atom is 0.258 e. The van der Waals surface area contributed by atoms with Gasteiger partial charge < -0.3 is 10.0 Å². The molecule has 1 amide bonds. The number of aromatic nitrogens is 2. The van der Waals surface area contributed by atoms with Crippen LogP contribution in [0, 0.1) is 0 Å². The minimum atomic E-state index is -1.40. The van der Waals surface area contributed by atoms with E-state index in [1.54, 1.807) is 24.2 Å². The molecular weight excluding hydrogens is 242 g/mol. The summed E-state index contributed by atoms with van der Waals surface area (Å²) in [6.07, 6.45) is 2.10. The highest BCUT2D eigenvalue weighted by atomic mass is 16.3. The van der Waals surface area contributed by atoms with Gasteiger partial charge in [-0.3, -0.25) is 9.89 Å². The van der Waals surface area contributed by atoms with E-state index in [4.69, 9.17) is 0 Å². The highest BCUT2D eigenvalue weighted by Crippen LogP contribution is 2.34. The lowest BCUT2D eigenvalue weighted by molar-refractivity contribution is -0.143. The number of rotatable bonds is 2. The van der Waals surface area contributed by atoms with Crippen molar-refractivity contribution in [2.75, 3.05) is 13.6 Å². The Kier molecular flexibility index (Phi) is 2.64. The van der Waals surface area contributed by atoms with Crippen LogP contribution in [0.4, 0.5) is 0 Å². The van der Waals surface area contributed by atoms with Crippen molar-refractivity contribution in [2.24, 2.45) is 0 Å². The highest BCUT2D eigenvalue weighted by Gasteiger charge is 2.45. The first-order chi connectivity index (χ1) is 9.11. The highest BCUT2D eigenvalue weighted by molar-refractivity contribution is 5.88. The number of H-pyrrole nitrogens is 1. The van der Waals surface area contributed by atoms with E-state index in [2.05, 4.69) is 10.2 Å². The second-order valence-corrected chi connectivity index (χ2v) is 4.89. The molecule has 1 fully saturated rings. The molecule has 1 saturated heterocycles. The summed E-state index contributed by atoms with van der Waals surface area (Å²) < 4.78 is 0. The third kappa shape index (κ3) is 1.82. The molecule has 98 valence electrons. The lowest BCUT2D eigenvalue weighted by Crippen LogP contribution is -2.36. The van der Waals surface area contributed by atoms with Crippen molar-refractivity contribution >= 4 is 5.91 Å². The molecule has 1 aliphatic rings. The summed E-state index contributed by atoms with van der Waals surface area (Å²) in [6, 6.07) is 9.24. The van der Waals surface area contributed by atoms with Gasteiger partial charge >= 0.3 is 0 Å². The molecule has 19 heavy (non-hydrogen) atoms. The second kappa shape index (κ2) is 4.20. The molecule has 5 heteroatoms. The van der Waals surface area contributed by atoms with E-state index >= 15 is 0 Å². The Labute approximate surface area is 110 Å². The van der Waals surface area contributed by atoms with Crippen LogP contribution in [-0.4, -0.2) is 39.7 Å². The van der Waals surface area contributed by atoms with Crippen molar-refractivity contribution in [3.05, 3.63) is 42.1 Å². The number of hydrogen-bond donors (Lipinski definition) is 2. The molecular formula is C14H15N3O2. The van der Waals surface area contributed by atoms with Crippen molar-refractivity contribution in [3.8, 4) is 11.3 Å². The predicted octanol–water partition coefficient (Wildman–Crippen LogP) is 1.13. The summed E-state index contributed by atoms with van der Waals surface area (Å²) in [6.45, 7) is 0.573. The average molecular weight is 257 g/mol. The summed E-state index contributed by atoms with van der Waals surface area (Å²) in [5.74, 6) is -0.241. The van der Waals surface area contributed by atoms with Crippen LogP contribution in [0.3, 0.4) is 0 Å². The van der Waals surface area contributed by atoms with E-state index in [-0.39, 0.29) is 5.91 Å². The molecule has 0 aliphatic carbocycles. The number of amides is 1. The molecule has 0 spiro atoms. The molecule has 0 bridgehead atoms. The number of nitrogens with one attached hydrogen (secondary N) is 1. The minimum absolute atomic E-state index is 0.241. The molecule has 5 nitrogen and oxygen atoms in total. The maximum atomic E-state index is 12.1. The lowest BCUT2D eigenvalue weighted by atomic mass is 9.90. The Morgan fingerprint density at radius 1 is 1.42 bits per heavy atom. The summed E-state index contributed by atoms with van der Waals surface area (Å²) >= 11 is 0. The molecule has 1 aliphatic heterocycles. The second-order valence-electron chi connectivity index (χ2n) is 4.89. The number of aromatic amines is 1. The fourth-order valence-corrected chi connectivity index (χ4v) is 2.48. The minimum Gasteiger partial charge on any atom is -0.375 e. The third-order valence-electron chi connectivity index (χ3n) is 3.66. The van der Waals surface area contributed by atoms with Gasteiger partial charge in [0.05, 0.1) is 5.69 Å². The fourth-order valence-electron chi connectivity index (χ4n) is 2.48. The maximum absolute atomic E-state index is 12.1. The normalized spacial score (nSPS) is 23.1. The van der Waals surface area contributed by atoms with Gasteiger partial charge in [0.1, 0.15) is 0 Å². The zero-order valence-corrected chi connectivity index (χ0v) is 10.6. The van der Waals surface area contributed by atoms with E-state index in [0.717, 1.165) is 11.3 Å². The first-order valence-corrected chi connectivity index (χ1v) is 6.19. The molecule has 3 rings (SSSR count). The van der Waals surface area contributed by atoms with Gasteiger partial charge in [-0.15, -0.1) is 0 Å². The van der Waals surface area contributed by atoms with Crippen molar-refractivity contribution in [1.82, 2.24) is 15.1 Å². The number of likely N-dealkylation sites (tertiary alicyclic amines) is 1. The van der Waals surface area contributed by atoms with Crippen LogP contribution in [0.2, 0.25) is 0 Å². The van der Waals surface area contributed by atoms with Gasteiger partial charge in [-0.25, -0.2) is 0 Å². The van der Waals surface area contributed by atoms with Crippen molar-refractivity contribution in [2.45, 2.75) is 12.0 Å². The van der Waals surface area contributed by atoms with Gasteiger partial charge in [0.2, 0.25) is 0 Å². The van der Waals surface area contributed by atoms with Gasteiger partial charge in [0, 0.05) is 26.2 Å². The van der Waals surface area contributed by atoms with Crippen LogP contribution in [0.1, 0.15) is 12.0 Å². The molecule has 1 atom stereocenters. The molecule has 1 aromatic heterocycles. The van der Waals surface area contributed by atoms with Crippen LogP contribution in [-0.2, 0) is 10.4 Å². The van der Waals surface area contributed by atoms with Crippen molar-refractivity contribution in [3.63, 3.8) is 0 Å². The Bertz CT molecular complexity index is 609. The smallest absolute Gasteiger partial charge is 0.258 e. The molecule has 0 radical (unpaired) electrons. The lowest BCUT2D eigenvalue weighted by Gasteiger charge is -2.21. The number of benzene rings is 1. The van der Waals surface area contributed by atoms with E-state index in [0.29, 0.717) is 18.5 Å². The van der Waals surface area contributed by atoms with Gasteiger partial charge in [-0.2, -0.15) is 5.10 Å². The number of aliphatic hydroxyl groups is 1. The van der Waals surface area contributed by atoms with E-state index in [1.807, 2.05) is 24.3 Å². The Morgan fingerprint density at radius 2 is 2.26 bits per heavy atom. The summed E-state index contributed by atoms with van der Waals surface area (Å²) in [5, 5.41) is 17.4. The summed E-state index contributed by atoms with van der Waals surface area (Å²) in [7, 11) is 1.71.